The van der Waals surface area contributed by atoms with Gasteiger partial charge in [-0.1, -0.05) is 200 Å². The van der Waals surface area contributed by atoms with E-state index in [0.29, 0.717) is 0 Å². The summed E-state index contributed by atoms with van der Waals surface area (Å²) >= 11 is 0. The number of benzene rings is 11. The van der Waals surface area contributed by atoms with E-state index in [1.54, 1.807) is 0 Å². The van der Waals surface area contributed by atoms with Crippen LogP contribution in [-0.4, -0.2) is 0 Å². The zero-order valence-corrected chi connectivity index (χ0v) is 36.8. The van der Waals surface area contributed by atoms with Gasteiger partial charge in [0.2, 0.25) is 0 Å². The molecule has 0 heterocycles. The third-order valence-corrected chi connectivity index (χ3v) is 14.1. The third-order valence-electron chi connectivity index (χ3n) is 14.1. The zero-order valence-electron chi connectivity index (χ0n) is 36.8. The molecule has 2 aliphatic rings. The van der Waals surface area contributed by atoms with E-state index in [1.165, 1.54) is 66.4 Å². The molecule has 13 rings (SSSR count). The van der Waals surface area contributed by atoms with Gasteiger partial charge in [-0.2, -0.15) is 0 Å². The van der Waals surface area contributed by atoms with Crippen molar-refractivity contribution in [1.29, 1.82) is 0 Å². The van der Waals surface area contributed by atoms with Crippen LogP contribution in [0.5, 0.6) is 0 Å². The Labute approximate surface area is 391 Å². The molecule has 0 fully saturated rings. The fourth-order valence-electron chi connectivity index (χ4n) is 11.2. The van der Waals surface area contributed by atoms with E-state index in [2.05, 4.69) is 277 Å². The van der Waals surface area contributed by atoms with Gasteiger partial charge in [0.15, 0.2) is 0 Å². The first-order chi connectivity index (χ1) is 33.3. The van der Waals surface area contributed by atoms with Gasteiger partial charge < -0.3 is 9.80 Å². The molecule has 0 amide bonds. The largest absolute Gasteiger partial charge is 0.311 e. The van der Waals surface area contributed by atoms with Crippen molar-refractivity contribution in [3.8, 4) is 44.5 Å². The second kappa shape index (κ2) is 15.8. The van der Waals surface area contributed by atoms with Gasteiger partial charge >= 0.3 is 0 Å². The van der Waals surface area contributed by atoms with Crippen molar-refractivity contribution in [1.82, 2.24) is 0 Å². The highest BCUT2D eigenvalue weighted by atomic mass is 15.1. The molecule has 11 aromatic rings. The lowest BCUT2D eigenvalue weighted by Crippen LogP contribution is -2.29. The lowest BCUT2D eigenvalue weighted by Gasteiger charge is -2.35. The summed E-state index contributed by atoms with van der Waals surface area (Å²) in [5.41, 5.74) is 21.2. The Morgan fingerprint density at radius 1 is 0.239 bits per heavy atom. The summed E-state index contributed by atoms with van der Waals surface area (Å²) in [4.78, 5) is 4.79. The van der Waals surface area contributed by atoms with Crippen molar-refractivity contribution in [2.45, 2.75) is 5.41 Å². The van der Waals surface area contributed by atoms with E-state index in [-0.39, 0.29) is 0 Å². The van der Waals surface area contributed by atoms with E-state index in [0.717, 1.165) is 45.3 Å². The number of nitrogens with zero attached hydrogens (tertiary/aromatic N) is 2. The Balaban J connectivity index is 0.986. The highest BCUT2D eigenvalue weighted by Gasteiger charge is 2.50. The molecule has 2 nitrogen and oxygen atoms in total. The van der Waals surface area contributed by atoms with Crippen LogP contribution in [-0.2, 0) is 5.41 Å². The van der Waals surface area contributed by atoms with Gasteiger partial charge in [-0.3, -0.25) is 0 Å². The predicted molar refractivity (Wildman–Crippen MR) is 280 cm³/mol. The number of fused-ring (bicyclic) bond motifs is 13. The maximum atomic E-state index is 2.48. The molecular formula is C65H44N2. The van der Waals surface area contributed by atoms with Gasteiger partial charge in [-0.15, -0.1) is 0 Å². The van der Waals surface area contributed by atoms with Gasteiger partial charge in [0.1, 0.15) is 0 Å². The smallest absolute Gasteiger partial charge is 0.0726 e. The SMILES string of the molecule is c1ccc(N(c2ccccc2)c2ccc(-c3ccc(N(c4ccc5ccccc5c4)c4cccc5c4-c4ccccc4C54c5ccccc5-c5ccccc5-c5ccccc54)cc3)cc2)cc1. The fourth-order valence-corrected chi connectivity index (χ4v) is 11.2. The molecule has 0 aliphatic heterocycles. The Morgan fingerprint density at radius 3 is 1.21 bits per heavy atom. The minimum atomic E-state index is -0.574. The molecule has 11 aromatic carbocycles. The molecule has 0 N–H and O–H groups in total. The average molecular weight is 853 g/mol. The van der Waals surface area contributed by atoms with Crippen molar-refractivity contribution in [2.75, 3.05) is 9.80 Å². The van der Waals surface area contributed by atoms with Crippen LogP contribution in [0.1, 0.15) is 22.3 Å². The molecule has 2 heteroatoms. The molecule has 1 spiro atoms. The van der Waals surface area contributed by atoms with Crippen LogP contribution in [0.3, 0.4) is 0 Å². The van der Waals surface area contributed by atoms with Gasteiger partial charge in [0, 0.05) is 34.0 Å². The highest BCUT2D eigenvalue weighted by Crippen LogP contribution is 2.63. The van der Waals surface area contributed by atoms with Gasteiger partial charge in [0.05, 0.1) is 11.1 Å². The van der Waals surface area contributed by atoms with Crippen LogP contribution in [0.15, 0.2) is 267 Å². The van der Waals surface area contributed by atoms with Crippen molar-refractivity contribution < 1.29 is 0 Å². The Hall–Kier alpha value is -8.72. The Kier molecular flexibility index (Phi) is 9.11. The molecule has 67 heavy (non-hydrogen) atoms. The topological polar surface area (TPSA) is 6.48 Å². The summed E-state index contributed by atoms with van der Waals surface area (Å²) in [6.45, 7) is 0. The number of rotatable bonds is 7. The summed E-state index contributed by atoms with van der Waals surface area (Å²) in [5, 5.41) is 2.42. The quantitative estimate of drug-likeness (QED) is 0.158. The normalized spacial score (nSPS) is 12.6. The number of para-hydroxylation sites is 2. The number of hydrogen-bond acceptors (Lipinski definition) is 2. The van der Waals surface area contributed by atoms with Gasteiger partial charge in [-0.05, 0) is 139 Å². The molecule has 0 bridgehead atoms. The van der Waals surface area contributed by atoms with E-state index in [9.17, 15) is 0 Å². The summed E-state index contributed by atoms with van der Waals surface area (Å²) in [6.07, 6.45) is 0. The summed E-state index contributed by atoms with van der Waals surface area (Å²) in [7, 11) is 0. The molecule has 0 saturated heterocycles. The third kappa shape index (κ3) is 6.11. The Morgan fingerprint density at radius 2 is 0.642 bits per heavy atom. The van der Waals surface area contributed by atoms with Crippen LogP contribution in [0, 0.1) is 0 Å². The van der Waals surface area contributed by atoms with Crippen molar-refractivity contribution in [3.63, 3.8) is 0 Å². The first-order valence-electron chi connectivity index (χ1n) is 23.2. The predicted octanol–water partition coefficient (Wildman–Crippen LogP) is 17.5. The lowest BCUT2D eigenvalue weighted by molar-refractivity contribution is 0.775. The van der Waals surface area contributed by atoms with E-state index < -0.39 is 5.41 Å². The summed E-state index contributed by atoms with van der Waals surface area (Å²) < 4.78 is 0. The molecule has 314 valence electrons. The molecule has 0 aromatic heterocycles. The lowest BCUT2D eigenvalue weighted by atomic mass is 9.66. The monoisotopic (exact) mass is 852 g/mol. The minimum Gasteiger partial charge on any atom is -0.311 e. The van der Waals surface area contributed by atoms with Gasteiger partial charge in [0.25, 0.3) is 0 Å². The fraction of sp³-hybridized carbons (Fsp3) is 0.0154. The first-order valence-corrected chi connectivity index (χ1v) is 23.2. The molecule has 0 radical (unpaired) electrons. The molecule has 0 unspecified atom stereocenters. The van der Waals surface area contributed by atoms with E-state index in [1.807, 2.05) is 0 Å². The number of hydrogen-bond donors (Lipinski definition) is 0. The van der Waals surface area contributed by atoms with E-state index >= 15 is 0 Å². The molecule has 2 aliphatic carbocycles. The second-order valence-electron chi connectivity index (χ2n) is 17.6. The number of anilines is 6. The van der Waals surface area contributed by atoms with Crippen LogP contribution >= 0.6 is 0 Å². The molecule has 0 atom stereocenters. The van der Waals surface area contributed by atoms with Crippen molar-refractivity contribution in [3.05, 3.63) is 289 Å². The van der Waals surface area contributed by atoms with Crippen LogP contribution in [0.4, 0.5) is 34.1 Å². The van der Waals surface area contributed by atoms with Crippen molar-refractivity contribution >= 4 is 44.9 Å². The highest BCUT2D eigenvalue weighted by molar-refractivity contribution is 6.02. The average Bonchev–Trinajstić information content (AvgIpc) is 3.65. The van der Waals surface area contributed by atoms with Crippen molar-refractivity contribution in [2.24, 2.45) is 0 Å². The van der Waals surface area contributed by atoms with Gasteiger partial charge in [-0.25, -0.2) is 0 Å². The minimum absolute atomic E-state index is 0.574. The van der Waals surface area contributed by atoms with Crippen LogP contribution in [0.25, 0.3) is 55.3 Å². The summed E-state index contributed by atoms with van der Waals surface area (Å²) in [5.74, 6) is 0. The second-order valence-corrected chi connectivity index (χ2v) is 17.6. The molecular weight excluding hydrogens is 809 g/mol. The van der Waals surface area contributed by atoms with Crippen LogP contribution in [0.2, 0.25) is 0 Å². The van der Waals surface area contributed by atoms with Crippen LogP contribution < -0.4 is 9.80 Å². The standard InChI is InChI=1S/C65H44N2/c1-3-20-49(21-4-1)66(50-22-5-2-6-23-50)51-39-34-46(35-40-51)47-36-41-52(42-37-47)67(53-43-38-45-18-7-8-19-48(45)44-53)63-33-17-32-62-64(63)58-28-13-16-31-61(58)65(62)59-29-14-11-26-56(59)54-24-9-10-25-55(54)57-27-12-15-30-60(57)65/h1-44H. The maximum absolute atomic E-state index is 2.48. The Bertz CT molecular complexity index is 3520. The zero-order chi connectivity index (χ0) is 44.3. The first kappa shape index (κ1) is 38.7. The summed E-state index contributed by atoms with van der Waals surface area (Å²) in [6, 6.07) is 98.1. The molecule has 0 saturated carbocycles. The maximum Gasteiger partial charge on any atom is 0.0726 e. The van der Waals surface area contributed by atoms with E-state index in [4.69, 9.17) is 0 Å².